The van der Waals surface area contributed by atoms with Gasteiger partial charge in [0.15, 0.2) is 0 Å². The molecule has 0 radical (unpaired) electrons. The molecule has 0 aromatic carbocycles. The first-order valence-electron chi connectivity index (χ1n) is 7.86. The van der Waals surface area contributed by atoms with Gasteiger partial charge >= 0.3 is 0 Å². The summed E-state index contributed by atoms with van der Waals surface area (Å²) in [4.78, 5) is 4.40. The van der Waals surface area contributed by atoms with Crippen LogP contribution in [0.4, 0.5) is 0 Å². The van der Waals surface area contributed by atoms with E-state index in [-0.39, 0.29) is 5.41 Å². The van der Waals surface area contributed by atoms with Gasteiger partial charge in [-0.25, -0.2) is 9.67 Å². The van der Waals surface area contributed by atoms with Crippen molar-refractivity contribution in [1.29, 1.82) is 5.26 Å². The summed E-state index contributed by atoms with van der Waals surface area (Å²) in [6, 6.07) is 2.60. The van der Waals surface area contributed by atoms with E-state index in [0.717, 1.165) is 37.5 Å². The summed E-state index contributed by atoms with van der Waals surface area (Å²) in [5.74, 6) is 2.34. The minimum absolute atomic E-state index is 0.215. The highest BCUT2D eigenvalue weighted by molar-refractivity contribution is 5.07. The first kappa shape index (κ1) is 15.0. The number of nitrogens with zero attached hydrogens (tertiary/aromatic N) is 4. The fourth-order valence-corrected chi connectivity index (χ4v) is 3.19. The molecular weight excluding hydrogens is 248 g/mol. The van der Waals surface area contributed by atoms with E-state index in [1.54, 1.807) is 6.33 Å². The zero-order valence-electron chi connectivity index (χ0n) is 13.0. The number of aromatic nitrogens is 3. The molecule has 0 bridgehead atoms. The summed E-state index contributed by atoms with van der Waals surface area (Å²) < 4.78 is 1.98. The zero-order valence-corrected chi connectivity index (χ0v) is 13.0. The molecule has 1 aliphatic rings. The van der Waals surface area contributed by atoms with Crippen molar-refractivity contribution in [3.8, 4) is 6.07 Å². The fourth-order valence-electron chi connectivity index (χ4n) is 3.19. The van der Waals surface area contributed by atoms with Gasteiger partial charge < -0.3 is 0 Å². The third-order valence-electron chi connectivity index (χ3n) is 4.61. The van der Waals surface area contributed by atoms with Crippen LogP contribution in [0.25, 0.3) is 0 Å². The van der Waals surface area contributed by atoms with Gasteiger partial charge in [0.05, 0.1) is 11.5 Å². The SMILES string of the molecule is CCC1CCC(C#N)(Cc2ncnn2CC(C)C)CC1. The van der Waals surface area contributed by atoms with Crippen LogP contribution in [-0.2, 0) is 13.0 Å². The van der Waals surface area contributed by atoms with Crippen LogP contribution in [0, 0.1) is 28.6 Å². The second kappa shape index (κ2) is 6.39. The van der Waals surface area contributed by atoms with E-state index in [2.05, 4.69) is 36.9 Å². The van der Waals surface area contributed by atoms with Crippen LogP contribution < -0.4 is 0 Å². The van der Waals surface area contributed by atoms with Gasteiger partial charge in [-0.2, -0.15) is 10.4 Å². The summed E-state index contributed by atoms with van der Waals surface area (Å²) in [6.45, 7) is 7.49. The zero-order chi connectivity index (χ0) is 14.6. The second-order valence-electron chi connectivity index (χ2n) is 6.67. The Kier molecular flexibility index (Phi) is 4.80. The molecule has 0 aliphatic heterocycles. The molecule has 1 fully saturated rings. The van der Waals surface area contributed by atoms with Gasteiger partial charge in [0.1, 0.15) is 12.2 Å². The van der Waals surface area contributed by atoms with Gasteiger partial charge in [-0.1, -0.05) is 27.2 Å². The summed E-state index contributed by atoms with van der Waals surface area (Å²) in [5, 5.41) is 14.0. The molecule has 20 heavy (non-hydrogen) atoms. The minimum atomic E-state index is -0.215. The van der Waals surface area contributed by atoms with E-state index in [9.17, 15) is 5.26 Å². The molecule has 0 amide bonds. The quantitative estimate of drug-likeness (QED) is 0.824. The van der Waals surface area contributed by atoms with Crippen LogP contribution in [0.15, 0.2) is 6.33 Å². The molecule has 1 aromatic rings. The highest BCUT2D eigenvalue weighted by Crippen LogP contribution is 2.41. The Bertz CT molecular complexity index is 461. The Morgan fingerprint density at radius 1 is 1.45 bits per heavy atom. The van der Waals surface area contributed by atoms with E-state index in [4.69, 9.17) is 0 Å². The van der Waals surface area contributed by atoms with Crippen LogP contribution >= 0.6 is 0 Å². The number of hydrogen-bond donors (Lipinski definition) is 0. The molecule has 1 aliphatic carbocycles. The molecule has 110 valence electrons. The molecule has 0 N–H and O–H groups in total. The Balaban J connectivity index is 2.08. The number of nitriles is 1. The predicted molar refractivity (Wildman–Crippen MR) is 78.9 cm³/mol. The van der Waals surface area contributed by atoms with Gasteiger partial charge in [0.2, 0.25) is 0 Å². The van der Waals surface area contributed by atoms with E-state index < -0.39 is 0 Å². The molecular formula is C16H26N4. The van der Waals surface area contributed by atoms with Crippen molar-refractivity contribution in [2.24, 2.45) is 17.3 Å². The number of hydrogen-bond acceptors (Lipinski definition) is 3. The van der Waals surface area contributed by atoms with Crippen molar-refractivity contribution in [1.82, 2.24) is 14.8 Å². The predicted octanol–water partition coefficient (Wildman–Crippen LogP) is 3.59. The molecule has 1 aromatic heterocycles. The van der Waals surface area contributed by atoms with Crippen LogP contribution in [0.5, 0.6) is 0 Å². The Hall–Kier alpha value is -1.37. The second-order valence-corrected chi connectivity index (χ2v) is 6.67. The van der Waals surface area contributed by atoms with Crippen molar-refractivity contribution < 1.29 is 0 Å². The van der Waals surface area contributed by atoms with E-state index in [1.807, 2.05) is 4.68 Å². The lowest BCUT2D eigenvalue weighted by atomic mass is 9.69. The first-order chi connectivity index (χ1) is 9.58. The molecule has 0 unspecified atom stereocenters. The van der Waals surface area contributed by atoms with Crippen molar-refractivity contribution in [3.05, 3.63) is 12.2 Å². The summed E-state index contributed by atoms with van der Waals surface area (Å²) in [5.41, 5.74) is -0.215. The van der Waals surface area contributed by atoms with Crippen molar-refractivity contribution >= 4 is 0 Å². The number of rotatable bonds is 5. The van der Waals surface area contributed by atoms with Crippen LogP contribution in [0.3, 0.4) is 0 Å². The molecule has 4 nitrogen and oxygen atoms in total. The standard InChI is InChI=1S/C16H26N4/c1-4-14-5-7-16(11-17,8-6-14)9-15-18-12-19-20(15)10-13(2)3/h12-14H,4-10H2,1-3H3. The maximum absolute atomic E-state index is 9.66. The van der Waals surface area contributed by atoms with Gasteiger partial charge in [0.25, 0.3) is 0 Å². The highest BCUT2D eigenvalue weighted by Gasteiger charge is 2.36. The van der Waals surface area contributed by atoms with Gasteiger partial charge in [-0.05, 0) is 37.5 Å². The lowest BCUT2D eigenvalue weighted by molar-refractivity contribution is 0.199. The molecule has 0 saturated heterocycles. The molecule has 4 heteroatoms. The van der Waals surface area contributed by atoms with E-state index >= 15 is 0 Å². The largest absolute Gasteiger partial charge is 0.250 e. The first-order valence-corrected chi connectivity index (χ1v) is 7.86. The highest BCUT2D eigenvalue weighted by atomic mass is 15.3. The smallest absolute Gasteiger partial charge is 0.138 e. The van der Waals surface area contributed by atoms with Crippen LogP contribution in [0.2, 0.25) is 0 Å². The fraction of sp³-hybridized carbons (Fsp3) is 0.812. The molecule has 0 spiro atoms. The average Bonchev–Trinajstić information content (AvgIpc) is 2.86. The van der Waals surface area contributed by atoms with E-state index in [1.165, 1.54) is 19.3 Å². The van der Waals surface area contributed by atoms with Crippen molar-refractivity contribution in [2.75, 3.05) is 0 Å². The van der Waals surface area contributed by atoms with Gasteiger partial charge in [0, 0.05) is 13.0 Å². The Labute approximate surface area is 122 Å². The van der Waals surface area contributed by atoms with Crippen molar-refractivity contribution in [3.63, 3.8) is 0 Å². The van der Waals surface area contributed by atoms with E-state index in [0.29, 0.717) is 5.92 Å². The third-order valence-corrected chi connectivity index (χ3v) is 4.61. The normalized spacial score (nSPS) is 26.6. The van der Waals surface area contributed by atoms with Crippen LogP contribution in [-0.4, -0.2) is 14.8 Å². The molecule has 1 heterocycles. The minimum Gasteiger partial charge on any atom is -0.250 e. The van der Waals surface area contributed by atoms with Gasteiger partial charge in [-0.15, -0.1) is 0 Å². The maximum Gasteiger partial charge on any atom is 0.138 e. The topological polar surface area (TPSA) is 54.5 Å². The van der Waals surface area contributed by atoms with Crippen molar-refractivity contribution in [2.45, 2.75) is 65.8 Å². The summed E-state index contributed by atoms with van der Waals surface area (Å²) >= 11 is 0. The van der Waals surface area contributed by atoms with Gasteiger partial charge in [-0.3, -0.25) is 0 Å². The Morgan fingerprint density at radius 3 is 2.70 bits per heavy atom. The molecule has 0 atom stereocenters. The lowest BCUT2D eigenvalue weighted by Crippen LogP contribution is -2.29. The third kappa shape index (κ3) is 3.39. The monoisotopic (exact) mass is 274 g/mol. The van der Waals surface area contributed by atoms with Crippen LogP contribution in [0.1, 0.15) is 58.7 Å². The lowest BCUT2D eigenvalue weighted by Gasteiger charge is -2.34. The Morgan fingerprint density at radius 2 is 2.15 bits per heavy atom. The molecule has 1 saturated carbocycles. The maximum atomic E-state index is 9.66. The average molecular weight is 274 g/mol. The summed E-state index contributed by atoms with van der Waals surface area (Å²) in [6.07, 6.45) is 8.01. The summed E-state index contributed by atoms with van der Waals surface area (Å²) in [7, 11) is 0. The molecule has 2 rings (SSSR count).